The Hall–Kier alpha value is -0.0400. The predicted octanol–water partition coefficient (Wildman–Crippen LogP) is 2.59. The summed E-state index contributed by atoms with van der Waals surface area (Å²) in [7, 11) is 0. The van der Waals surface area contributed by atoms with Crippen molar-refractivity contribution >= 4 is 0 Å². The molecule has 1 nitrogen and oxygen atoms in total. The summed E-state index contributed by atoms with van der Waals surface area (Å²) in [4.78, 5) is 0. The molecule has 1 rings (SSSR count). The number of aliphatic hydroxyl groups is 1. The molecule has 0 saturated heterocycles. The van der Waals surface area contributed by atoms with Crippen LogP contribution in [0.15, 0.2) is 0 Å². The van der Waals surface area contributed by atoms with Crippen LogP contribution >= 0.6 is 0 Å². The average molecular weight is 156 g/mol. The molecule has 1 atom stereocenters. The second kappa shape index (κ2) is 4.76. The first-order valence-electron chi connectivity index (χ1n) is 4.93. The van der Waals surface area contributed by atoms with E-state index in [4.69, 9.17) is 5.11 Å². The van der Waals surface area contributed by atoms with Gasteiger partial charge in [-0.3, -0.25) is 0 Å². The van der Waals surface area contributed by atoms with E-state index in [1.165, 1.54) is 32.1 Å². The molecular weight excluding hydrogens is 136 g/mol. The van der Waals surface area contributed by atoms with Crippen LogP contribution < -0.4 is 0 Å². The second-order valence-electron chi connectivity index (χ2n) is 3.99. The molecule has 0 aromatic carbocycles. The lowest BCUT2D eigenvalue weighted by Crippen LogP contribution is -2.12. The molecule has 0 amide bonds. The fourth-order valence-electron chi connectivity index (χ4n) is 1.67. The van der Waals surface area contributed by atoms with Crippen molar-refractivity contribution < 1.29 is 5.11 Å². The third-order valence-electron chi connectivity index (χ3n) is 2.91. The molecule has 0 aromatic rings. The van der Waals surface area contributed by atoms with Gasteiger partial charge in [-0.05, 0) is 18.3 Å². The Morgan fingerprint density at radius 1 is 1.36 bits per heavy atom. The van der Waals surface area contributed by atoms with Crippen LogP contribution in [0.1, 0.15) is 45.4 Å². The summed E-state index contributed by atoms with van der Waals surface area (Å²) < 4.78 is 0. The highest BCUT2D eigenvalue weighted by Gasteiger charge is 2.17. The fraction of sp³-hybridized carbons (Fsp3) is 1.00. The first kappa shape index (κ1) is 9.05. The highest BCUT2D eigenvalue weighted by atomic mass is 16.2. The van der Waals surface area contributed by atoms with Crippen molar-refractivity contribution in [3.05, 3.63) is 0 Å². The molecule has 1 heteroatoms. The van der Waals surface area contributed by atoms with Crippen molar-refractivity contribution in [2.75, 3.05) is 6.61 Å². The van der Waals surface area contributed by atoms with E-state index in [1.807, 2.05) is 0 Å². The van der Waals surface area contributed by atoms with E-state index in [2.05, 4.69) is 6.92 Å². The largest absolute Gasteiger partial charge is 0.396 e. The third kappa shape index (κ3) is 3.24. The monoisotopic (exact) mass is 156 g/mol. The lowest BCUT2D eigenvalue weighted by Gasteiger charge is -2.26. The van der Waals surface area contributed by atoms with Crippen molar-refractivity contribution in [2.45, 2.75) is 45.4 Å². The highest BCUT2D eigenvalue weighted by Crippen LogP contribution is 2.31. The van der Waals surface area contributed by atoms with E-state index in [0.29, 0.717) is 6.61 Å². The van der Waals surface area contributed by atoms with Gasteiger partial charge in [-0.15, -0.1) is 0 Å². The molecule has 0 spiro atoms. The van der Waals surface area contributed by atoms with Gasteiger partial charge in [0.2, 0.25) is 0 Å². The zero-order chi connectivity index (χ0) is 8.10. The van der Waals surface area contributed by atoms with Gasteiger partial charge < -0.3 is 5.11 Å². The second-order valence-corrected chi connectivity index (χ2v) is 3.99. The van der Waals surface area contributed by atoms with Gasteiger partial charge in [0, 0.05) is 6.61 Å². The van der Waals surface area contributed by atoms with Crippen LogP contribution in [0.2, 0.25) is 0 Å². The number of hydrogen-bond donors (Lipinski definition) is 1. The zero-order valence-electron chi connectivity index (χ0n) is 7.55. The third-order valence-corrected chi connectivity index (χ3v) is 2.91. The maximum Gasteiger partial charge on any atom is 0.0433 e. The fourth-order valence-corrected chi connectivity index (χ4v) is 1.67. The first-order chi connectivity index (χ1) is 5.33. The Balaban J connectivity index is 1.92. The van der Waals surface area contributed by atoms with E-state index in [-0.39, 0.29) is 0 Å². The van der Waals surface area contributed by atoms with E-state index < -0.39 is 0 Å². The van der Waals surface area contributed by atoms with Crippen LogP contribution in [0.5, 0.6) is 0 Å². The van der Waals surface area contributed by atoms with Crippen molar-refractivity contribution in [3.8, 4) is 0 Å². The molecule has 0 heterocycles. The van der Waals surface area contributed by atoms with Crippen LogP contribution in [-0.4, -0.2) is 11.7 Å². The molecule has 11 heavy (non-hydrogen) atoms. The maximum atomic E-state index is 8.67. The molecule has 0 bridgehead atoms. The Labute approximate surface area is 69.8 Å². The van der Waals surface area contributed by atoms with Crippen molar-refractivity contribution in [1.82, 2.24) is 0 Å². The van der Waals surface area contributed by atoms with Gasteiger partial charge in [-0.2, -0.15) is 0 Å². The number of aliphatic hydroxyl groups excluding tert-OH is 1. The van der Waals surface area contributed by atoms with E-state index in [0.717, 1.165) is 18.3 Å². The van der Waals surface area contributed by atoms with Crippen molar-refractivity contribution in [3.63, 3.8) is 0 Å². The van der Waals surface area contributed by atoms with E-state index in [9.17, 15) is 0 Å². The van der Waals surface area contributed by atoms with Gasteiger partial charge in [0.05, 0.1) is 0 Å². The van der Waals surface area contributed by atoms with Gasteiger partial charge in [0.15, 0.2) is 0 Å². The molecule has 1 unspecified atom stereocenters. The minimum atomic E-state index is 0.367. The molecule has 0 aliphatic heterocycles. The van der Waals surface area contributed by atoms with Crippen LogP contribution in [0.4, 0.5) is 0 Å². The predicted molar refractivity (Wildman–Crippen MR) is 47.4 cm³/mol. The Morgan fingerprint density at radius 3 is 2.55 bits per heavy atom. The number of rotatable bonds is 5. The quantitative estimate of drug-likeness (QED) is 0.648. The van der Waals surface area contributed by atoms with E-state index in [1.54, 1.807) is 0 Å². The SMILES string of the molecule is CC(CCO)CCC1CCC1. The molecule has 0 radical (unpaired) electrons. The van der Waals surface area contributed by atoms with Crippen molar-refractivity contribution in [1.29, 1.82) is 0 Å². The van der Waals surface area contributed by atoms with E-state index >= 15 is 0 Å². The van der Waals surface area contributed by atoms with Crippen LogP contribution in [0.3, 0.4) is 0 Å². The minimum absolute atomic E-state index is 0.367. The standard InChI is InChI=1S/C10H20O/c1-9(7-8-11)5-6-10-3-2-4-10/h9-11H,2-8H2,1H3. The van der Waals surface area contributed by atoms with Gasteiger partial charge in [-0.25, -0.2) is 0 Å². The van der Waals surface area contributed by atoms with Crippen molar-refractivity contribution in [2.24, 2.45) is 11.8 Å². The Bertz CT molecular complexity index is 97.0. The lowest BCUT2D eigenvalue weighted by molar-refractivity contribution is 0.234. The lowest BCUT2D eigenvalue weighted by atomic mass is 9.80. The average Bonchev–Trinajstić information content (AvgIpc) is 1.85. The van der Waals surface area contributed by atoms with Crippen LogP contribution in [0, 0.1) is 11.8 Å². The summed E-state index contributed by atoms with van der Waals surface area (Å²) in [6.45, 7) is 2.61. The Kier molecular flexibility index (Phi) is 3.92. The van der Waals surface area contributed by atoms with Crippen LogP contribution in [-0.2, 0) is 0 Å². The smallest absolute Gasteiger partial charge is 0.0433 e. The zero-order valence-corrected chi connectivity index (χ0v) is 7.55. The maximum absolute atomic E-state index is 8.67. The van der Waals surface area contributed by atoms with Crippen LogP contribution in [0.25, 0.3) is 0 Å². The summed E-state index contributed by atoms with van der Waals surface area (Å²) in [6.07, 6.45) is 8.11. The molecule has 1 fully saturated rings. The summed E-state index contributed by atoms with van der Waals surface area (Å²) in [6, 6.07) is 0. The van der Waals surface area contributed by atoms with Gasteiger partial charge in [0.25, 0.3) is 0 Å². The minimum Gasteiger partial charge on any atom is -0.396 e. The summed E-state index contributed by atoms with van der Waals surface area (Å²) in [5.74, 6) is 1.77. The molecule has 1 saturated carbocycles. The molecule has 0 aromatic heterocycles. The molecule has 1 aliphatic rings. The Morgan fingerprint density at radius 2 is 2.09 bits per heavy atom. The molecule has 66 valence electrons. The van der Waals surface area contributed by atoms with Gasteiger partial charge in [-0.1, -0.05) is 39.0 Å². The summed E-state index contributed by atoms with van der Waals surface area (Å²) >= 11 is 0. The van der Waals surface area contributed by atoms with Gasteiger partial charge in [0.1, 0.15) is 0 Å². The first-order valence-corrected chi connectivity index (χ1v) is 4.93. The molecule has 1 N–H and O–H groups in total. The number of hydrogen-bond acceptors (Lipinski definition) is 1. The normalized spacial score (nSPS) is 21.3. The topological polar surface area (TPSA) is 20.2 Å². The van der Waals surface area contributed by atoms with Gasteiger partial charge >= 0.3 is 0 Å². The highest BCUT2D eigenvalue weighted by molar-refractivity contribution is 4.70. The summed E-state index contributed by atoms with van der Waals surface area (Å²) in [5.41, 5.74) is 0. The molecular formula is C10H20O. The molecule has 1 aliphatic carbocycles. The summed E-state index contributed by atoms with van der Waals surface area (Å²) in [5, 5.41) is 8.67.